The number of nitrogens with zero attached hydrogens (tertiary/aromatic N) is 1. The number of ether oxygens (including phenoxy) is 1. The van der Waals surface area contributed by atoms with E-state index in [1.54, 1.807) is 19.1 Å². The molecule has 1 aromatic rings. The summed E-state index contributed by atoms with van der Waals surface area (Å²) in [6.45, 7) is 6.69. The van der Waals surface area contributed by atoms with Crippen molar-refractivity contribution >= 4 is 5.69 Å². The number of nitrogens with one attached hydrogen (secondary N) is 1. The van der Waals surface area contributed by atoms with Crippen molar-refractivity contribution in [1.29, 1.82) is 0 Å². The monoisotopic (exact) mass is 286 g/mol. The van der Waals surface area contributed by atoms with Crippen LogP contribution in [0.4, 0.5) is 14.5 Å². The van der Waals surface area contributed by atoms with E-state index in [9.17, 15) is 8.78 Å². The molecule has 3 nitrogen and oxygen atoms in total. The molecule has 1 N–H and O–H groups in total. The molecule has 0 aliphatic heterocycles. The summed E-state index contributed by atoms with van der Waals surface area (Å²) in [5.74, 6) is -1.09. The zero-order valence-corrected chi connectivity index (χ0v) is 12.8. The van der Waals surface area contributed by atoms with Crippen molar-refractivity contribution in [3.05, 3.63) is 29.3 Å². The van der Waals surface area contributed by atoms with Gasteiger partial charge in [-0.15, -0.1) is 0 Å². The molecule has 0 bridgehead atoms. The third-order valence-corrected chi connectivity index (χ3v) is 3.21. The smallest absolute Gasteiger partial charge is 0.149 e. The summed E-state index contributed by atoms with van der Waals surface area (Å²) in [6, 6.07) is 2.92. The summed E-state index contributed by atoms with van der Waals surface area (Å²) in [7, 11) is 3.23. The molecule has 0 aliphatic rings. The van der Waals surface area contributed by atoms with Gasteiger partial charge in [-0.2, -0.15) is 0 Å². The Kier molecular flexibility index (Phi) is 6.36. The van der Waals surface area contributed by atoms with Gasteiger partial charge in [-0.3, -0.25) is 0 Å². The van der Waals surface area contributed by atoms with Gasteiger partial charge in [-0.25, -0.2) is 8.78 Å². The first-order valence-corrected chi connectivity index (χ1v) is 6.79. The highest BCUT2D eigenvalue weighted by atomic mass is 19.1. The Hall–Kier alpha value is -1.20. The van der Waals surface area contributed by atoms with Crippen molar-refractivity contribution in [2.24, 2.45) is 0 Å². The molecule has 0 aliphatic carbocycles. The number of hydrogen-bond acceptors (Lipinski definition) is 3. The van der Waals surface area contributed by atoms with Gasteiger partial charge in [0, 0.05) is 32.8 Å². The SMILES string of the molecule is COCC(C)N(C)c1c(F)cc(CNC(C)C)cc1F. The van der Waals surface area contributed by atoms with Crippen LogP contribution in [0.15, 0.2) is 12.1 Å². The van der Waals surface area contributed by atoms with Gasteiger partial charge in [0.1, 0.15) is 17.3 Å². The van der Waals surface area contributed by atoms with Crippen LogP contribution < -0.4 is 10.2 Å². The quantitative estimate of drug-likeness (QED) is 0.834. The Morgan fingerprint density at radius 3 is 2.20 bits per heavy atom. The first-order chi connectivity index (χ1) is 9.36. The zero-order valence-electron chi connectivity index (χ0n) is 12.8. The number of benzene rings is 1. The van der Waals surface area contributed by atoms with Crippen molar-refractivity contribution in [2.45, 2.75) is 39.4 Å². The van der Waals surface area contributed by atoms with E-state index in [2.05, 4.69) is 5.32 Å². The van der Waals surface area contributed by atoms with E-state index < -0.39 is 11.6 Å². The maximum Gasteiger partial charge on any atom is 0.149 e. The number of anilines is 1. The first-order valence-electron chi connectivity index (χ1n) is 6.79. The predicted molar refractivity (Wildman–Crippen MR) is 78.1 cm³/mol. The summed E-state index contributed by atoms with van der Waals surface area (Å²) in [5, 5.41) is 3.14. The molecule has 1 atom stereocenters. The summed E-state index contributed by atoms with van der Waals surface area (Å²) >= 11 is 0. The second kappa shape index (κ2) is 7.55. The largest absolute Gasteiger partial charge is 0.383 e. The molecule has 0 fully saturated rings. The molecule has 0 radical (unpaired) electrons. The van der Waals surface area contributed by atoms with Crippen LogP contribution in [0, 0.1) is 11.6 Å². The Morgan fingerprint density at radius 1 is 1.20 bits per heavy atom. The van der Waals surface area contributed by atoms with E-state index in [-0.39, 0.29) is 17.8 Å². The van der Waals surface area contributed by atoms with E-state index in [0.717, 1.165) is 0 Å². The van der Waals surface area contributed by atoms with Crippen LogP contribution in [-0.2, 0) is 11.3 Å². The standard InChI is InChI=1S/C15H24F2N2O/c1-10(2)18-8-12-6-13(16)15(14(17)7-12)19(4)11(3)9-20-5/h6-7,10-11,18H,8-9H2,1-5H3. The number of rotatable bonds is 7. The Morgan fingerprint density at radius 2 is 1.75 bits per heavy atom. The molecule has 1 unspecified atom stereocenters. The lowest BCUT2D eigenvalue weighted by molar-refractivity contribution is 0.183. The van der Waals surface area contributed by atoms with Gasteiger partial charge in [-0.1, -0.05) is 13.8 Å². The molecule has 0 heterocycles. The molecule has 114 valence electrons. The van der Waals surface area contributed by atoms with Crippen LogP contribution in [0.5, 0.6) is 0 Å². The molecule has 0 saturated carbocycles. The molecule has 1 rings (SSSR count). The minimum atomic E-state index is -0.545. The third-order valence-electron chi connectivity index (χ3n) is 3.21. The second-order valence-electron chi connectivity index (χ2n) is 5.36. The number of halogens is 2. The Labute approximate surface area is 119 Å². The molecule has 5 heteroatoms. The highest BCUT2D eigenvalue weighted by Gasteiger charge is 2.19. The van der Waals surface area contributed by atoms with E-state index in [1.165, 1.54) is 12.1 Å². The van der Waals surface area contributed by atoms with Crippen molar-refractivity contribution in [1.82, 2.24) is 5.32 Å². The van der Waals surface area contributed by atoms with Crippen LogP contribution in [0.25, 0.3) is 0 Å². The molecule has 1 aromatic carbocycles. The van der Waals surface area contributed by atoms with Gasteiger partial charge >= 0.3 is 0 Å². The van der Waals surface area contributed by atoms with Crippen LogP contribution in [0.1, 0.15) is 26.3 Å². The number of hydrogen-bond donors (Lipinski definition) is 1. The van der Waals surface area contributed by atoms with Crippen LogP contribution in [-0.4, -0.2) is 32.8 Å². The van der Waals surface area contributed by atoms with Crippen LogP contribution in [0.2, 0.25) is 0 Å². The summed E-state index contributed by atoms with van der Waals surface area (Å²) in [5.41, 5.74) is 0.591. The average molecular weight is 286 g/mol. The lowest BCUT2D eigenvalue weighted by Gasteiger charge is -2.27. The summed E-state index contributed by atoms with van der Waals surface area (Å²) < 4.78 is 33.3. The fourth-order valence-corrected chi connectivity index (χ4v) is 1.95. The molecule has 0 spiro atoms. The van der Waals surface area contributed by atoms with Gasteiger partial charge < -0.3 is 15.0 Å². The van der Waals surface area contributed by atoms with Gasteiger partial charge in [0.2, 0.25) is 0 Å². The van der Waals surface area contributed by atoms with E-state index in [0.29, 0.717) is 18.7 Å². The van der Waals surface area contributed by atoms with Gasteiger partial charge in [0.05, 0.1) is 6.61 Å². The highest BCUT2D eigenvalue weighted by molar-refractivity contribution is 5.50. The fourth-order valence-electron chi connectivity index (χ4n) is 1.95. The van der Waals surface area contributed by atoms with Crippen LogP contribution >= 0.6 is 0 Å². The van der Waals surface area contributed by atoms with Crippen molar-refractivity contribution in [3.63, 3.8) is 0 Å². The molecular formula is C15H24F2N2O. The summed E-state index contributed by atoms with van der Waals surface area (Å²) in [4.78, 5) is 1.56. The topological polar surface area (TPSA) is 24.5 Å². The summed E-state index contributed by atoms with van der Waals surface area (Å²) in [6.07, 6.45) is 0. The van der Waals surface area contributed by atoms with E-state index in [4.69, 9.17) is 4.74 Å². The molecule has 20 heavy (non-hydrogen) atoms. The van der Waals surface area contributed by atoms with E-state index in [1.807, 2.05) is 20.8 Å². The number of methoxy groups -OCH3 is 1. The van der Waals surface area contributed by atoms with Gasteiger partial charge in [0.25, 0.3) is 0 Å². The van der Waals surface area contributed by atoms with Crippen molar-refractivity contribution < 1.29 is 13.5 Å². The zero-order chi connectivity index (χ0) is 15.3. The fraction of sp³-hybridized carbons (Fsp3) is 0.600. The third kappa shape index (κ3) is 4.42. The number of likely N-dealkylation sites (N-methyl/N-ethyl adjacent to an activating group) is 1. The molecular weight excluding hydrogens is 262 g/mol. The van der Waals surface area contributed by atoms with Gasteiger partial charge in [-0.05, 0) is 24.6 Å². The van der Waals surface area contributed by atoms with Crippen molar-refractivity contribution in [2.75, 3.05) is 25.7 Å². The average Bonchev–Trinajstić information content (AvgIpc) is 2.35. The maximum absolute atomic E-state index is 14.1. The Balaban J connectivity index is 2.93. The van der Waals surface area contributed by atoms with Gasteiger partial charge in [0.15, 0.2) is 0 Å². The van der Waals surface area contributed by atoms with Crippen LogP contribution in [0.3, 0.4) is 0 Å². The molecule has 0 saturated heterocycles. The lowest BCUT2D eigenvalue weighted by atomic mass is 10.1. The maximum atomic E-state index is 14.1. The van der Waals surface area contributed by atoms with E-state index >= 15 is 0 Å². The minimum Gasteiger partial charge on any atom is -0.383 e. The van der Waals surface area contributed by atoms with Crippen molar-refractivity contribution in [3.8, 4) is 0 Å². The lowest BCUT2D eigenvalue weighted by Crippen LogP contribution is -2.34. The second-order valence-corrected chi connectivity index (χ2v) is 5.36. The first kappa shape index (κ1) is 16.9. The Bertz CT molecular complexity index is 415. The minimum absolute atomic E-state index is 0.0113. The highest BCUT2D eigenvalue weighted by Crippen LogP contribution is 2.25. The normalized spacial score (nSPS) is 12.8. The molecule has 0 aromatic heterocycles. The predicted octanol–water partition coefficient (Wildman–Crippen LogP) is 2.93. The molecule has 0 amide bonds.